The largest absolute Gasteiger partial charge is 0.465 e. The standard InChI is InChI=1S/C12H13Br2NO2/c1-17-12(16)9-6-8(13)7-10(14)11(9)15-4-2-3-5-15/h6-7H,2-5H2,1H3. The van der Waals surface area contributed by atoms with Gasteiger partial charge in [0.2, 0.25) is 0 Å². The fourth-order valence-electron chi connectivity index (χ4n) is 2.09. The number of halogens is 2. The van der Waals surface area contributed by atoms with E-state index in [1.807, 2.05) is 12.1 Å². The Bertz CT molecular complexity index is 442. The van der Waals surface area contributed by atoms with E-state index in [2.05, 4.69) is 36.8 Å². The summed E-state index contributed by atoms with van der Waals surface area (Å²) in [6.45, 7) is 1.98. The van der Waals surface area contributed by atoms with Gasteiger partial charge in [-0.05, 0) is 40.9 Å². The van der Waals surface area contributed by atoms with Crippen LogP contribution in [-0.2, 0) is 4.74 Å². The van der Waals surface area contributed by atoms with E-state index in [9.17, 15) is 4.79 Å². The van der Waals surface area contributed by atoms with E-state index in [1.54, 1.807) is 0 Å². The van der Waals surface area contributed by atoms with Crippen molar-refractivity contribution in [3.63, 3.8) is 0 Å². The first-order valence-corrected chi connectivity index (χ1v) is 7.04. The molecule has 0 bridgehead atoms. The molecule has 0 aliphatic carbocycles. The second-order valence-electron chi connectivity index (χ2n) is 3.97. The highest BCUT2D eigenvalue weighted by Crippen LogP contribution is 2.35. The lowest BCUT2D eigenvalue weighted by atomic mass is 10.1. The predicted molar refractivity (Wildman–Crippen MR) is 74.6 cm³/mol. The third-order valence-electron chi connectivity index (χ3n) is 2.86. The van der Waals surface area contributed by atoms with Gasteiger partial charge in [0.1, 0.15) is 0 Å². The number of carbonyl (C=O) groups excluding carboxylic acids is 1. The summed E-state index contributed by atoms with van der Waals surface area (Å²) < 4.78 is 6.63. The van der Waals surface area contributed by atoms with Crippen LogP contribution in [0.4, 0.5) is 5.69 Å². The van der Waals surface area contributed by atoms with E-state index in [-0.39, 0.29) is 5.97 Å². The average Bonchev–Trinajstić information content (AvgIpc) is 2.80. The topological polar surface area (TPSA) is 29.5 Å². The van der Waals surface area contributed by atoms with Gasteiger partial charge in [-0.3, -0.25) is 0 Å². The Morgan fingerprint density at radius 1 is 1.29 bits per heavy atom. The minimum absolute atomic E-state index is 0.297. The van der Waals surface area contributed by atoms with Crippen LogP contribution in [0.1, 0.15) is 23.2 Å². The van der Waals surface area contributed by atoms with Crippen LogP contribution in [0.5, 0.6) is 0 Å². The molecule has 1 aromatic carbocycles. The highest BCUT2D eigenvalue weighted by Gasteiger charge is 2.23. The molecule has 0 spiro atoms. The van der Waals surface area contributed by atoms with Crippen molar-refractivity contribution in [3.8, 4) is 0 Å². The molecule has 3 nitrogen and oxygen atoms in total. The lowest BCUT2D eigenvalue weighted by Gasteiger charge is -2.22. The van der Waals surface area contributed by atoms with Gasteiger partial charge in [-0.25, -0.2) is 4.79 Å². The molecular weight excluding hydrogens is 350 g/mol. The first kappa shape index (κ1) is 12.9. The van der Waals surface area contributed by atoms with Crippen LogP contribution in [0, 0.1) is 0 Å². The Balaban J connectivity index is 2.50. The van der Waals surface area contributed by atoms with Crippen LogP contribution in [0.2, 0.25) is 0 Å². The van der Waals surface area contributed by atoms with Crippen molar-refractivity contribution in [2.45, 2.75) is 12.8 Å². The van der Waals surface area contributed by atoms with Crippen LogP contribution < -0.4 is 4.90 Å². The van der Waals surface area contributed by atoms with Gasteiger partial charge in [0.05, 0.1) is 18.4 Å². The molecule has 0 saturated carbocycles. The number of carbonyl (C=O) groups is 1. The Morgan fingerprint density at radius 3 is 2.53 bits per heavy atom. The molecule has 1 fully saturated rings. The van der Waals surface area contributed by atoms with Crippen LogP contribution in [0.15, 0.2) is 21.1 Å². The van der Waals surface area contributed by atoms with Crippen LogP contribution in [-0.4, -0.2) is 26.2 Å². The molecular formula is C12H13Br2NO2. The maximum absolute atomic E-state index is 11.8. The Morgan fingerprint density at radius 2 is 1.94 bits per heavy atom. The van der Waals surface area contributed by atoms with Crippen molar-refractivity contribution in [2.24, 2.45) is 0 Å². The molecule has 1 saturated heterocycles. The Labute approximate surface area is 117 Å². The molecule has 0 amide bonds. The van der Waals surface area contributed by atoms with E-state index < -0.39 is 0 Å². The van der Waals surface area contributed by atoms with Crippen molar-refractivity contribution in [2.75, 3.05) is 25.1 Å². The van der Waals surface area contributed by atoms with Crippen LogP contribution >= 0.6 is 31.9 Å². The first-order chi connectivity index (χ1) is 8.13. The second-order valence-corrected chi connectivity index (χ2v) is 5.74. The zero-order valence-electron chi connectivity index (χ0n) is 9.50. The third-order valence-corrected chi connectivity index (χ3v) is 3.92. The summed E-state index contributed by atoms with van der Waals surface area (Å²) in [5, 5.41) is 0. The molecule has 0 N–H and O–H groups in total. The normalized spacial score (nSPS) is 15.1. The fourth-order valence-corrected chi connectivity index (χ4v) is 3.57. The van der Waals surface area contributed by atoms with Gasteiger partial charge in [-0.15, -0.1) is 0 Å². The number of esters is 1. The highest BCUT2D eigenvalue weighted by molar-refractivity contribution is 9.11. The average molecular weight is 363 g/mol. The van der Waals surface area contributed by atoms with Gasteiger partial charge in [0.15, 0.2) is 0 Å². The van der Waals surface area contributed by atoms with E-state index in [0.717, 1.165) is 27.7 Å². The van der Waals surface area contributed by atoms with Crippen molar-refractivity contribution in [1.29, 1.82) is 0 Å². The third kappa shape index (κ3) is 2.65. The Hall–Kier alpha value is -0.550. The minimum atomic E-state index is -0.297. The van der Waals surface area contributed by atoms with Gasteiger partial charge >= 0.3 is 5.97 Å². The maximum Gasteiger partial charge on any atom is 0.340 e. The molecule has 0 atom stereocenters. The summed E-state index contributed by atoms with van der Waals surface area (Å²) in [5.41, 5.74) is 1.55. The molecule has 5 heteroatoms. The van der Waals surface area contributed by atoms with Gasteiger partial charge < -0.3 is 9.64 Å². The fraction of sp³-hybridized carbons (Fsp3) is 0.417. The maximum atomic E-state index is 11.8. The van der Waals surface area contributed by atoms with Gasteiger partial charge in [-0.2, -0.15) is 0 Å². The predicted octanol–water partition coefficient (Wildman–Crippen LogP) is 3.60. The molecule has 1 aliphatic heterocycles. The van der Waals surface area contributed by atoms with Crippen molar-refractivity contribution < 1.29 is 9.53 Å². The number of nitrogens with zero attached hydrogens (tertiary/aromatic N) is 1. The molecule has 2 rings (SSSR count). The summed E-state index contributed by atoms with van der Waals surface area (Å²) in [4.78, 5) is 14.0. The quantitative estimate of drug-likeness (QED) is 0.753. The Kier molecular flexibility index (Phi) is 4.09. The first-order valence-electron chi connectivity index (χ1n) is 5.46. The SMILES string of the molecule is COC(=O)c1cc(Br)cc(Br)c1N1CCCC1. The number of methoxy groups -OCH3 is 1. The lowest BCUT2D eigenvalue weighted by molar-refractivity contribution is 0.0601. The van der Waals surface area contributed by atoms with Crippen molar-refractivity contribution >= 4 is 43.5 Å². The van der Waals surface area contributed by atoms with E-state index >= 15 is 0 Å². The molecule has 17 heavy (non-hydrogen) atoms. The van der Waals surface area contributed by atoms with Gasteiger partial charge in [-0.1, -0.05) is 15.9 Å². The second kappa shape index (κ2) is 5.40. The minimum Gasteiger partial charge on any atom is -0.465 e. The number of ether oxygens (including phenoxy) is 1. The van der Waals surface area contributed by atoms with Crippen molar-refractivity contribution in [3.05, 3.63) is 26.6 Å². The zero-order valence-corrected chi connectivity index (χ0v) is 12.7. The smallest absolute Gasteiger partial charge is 0.340 e. The summed E-state index contributed by atoms with van der Waals surface area (Å²) in [6, 6.07) is 3.77. The van der Waals surface area contributed by atoms with Gasteiger partial charge in [0, 0.05) is 22.0 Å². The van der Waals surface area contributed by atoms with Gasteiger partial charge in [0.25, 0.3) is 0 Å². The van der Waals surface area contributed by atoms with Crippen LogP contribution in [0.3, 0.4) is 0 Å². The van der Waals surface area contributed by atoms with Crippen LogP contribution in [0.25, 0.3) is 0 Å². The summed E-state index contributed by atoms with van der Waals surface area (Å²) >= 11 is 6.92. The number of hydrogen-bond acceptors (Lipinski definition) is 3. The van der Waals surface area contributed by atoms with E-state index in [4.69, 9.17) is 4.74 Å². The molecule has 0 aromatic heterocycles. The van der Waals surface area contributed by atoms with E-state index in [0.29, 0.717) is 5.56 Å². The molecule has 0 unspecified atom stereocenters. The lowest BCUT2D eigenvalue weighted by Crippen LogP contribution is -2.21. The number of rotatable bonds is 2. The zero-order chi connectivity index (χ0) is 12.4. The number of benzene rings is 1. The summed E-state index contributed by atoms with van der Waals surface area (Å²) in [5.74, 6) is -0.297. The molecule has 1 heterocycles. The molecule has 1 aromatic rings. The highest BCUT2D eigenvalue weighted by atomic mass is 79.9. The molecule has 1 aliphatic rings. The molecule has 0 radical (unpaired) electrons. The molecule has 92 valence electrons. The summed E-state index contributed by atoms with van der Waals surface area (Å²) in [7, 11) is 1.41. The number of anilines is 1. The number of hydrogen-bond donors (Lipinski definition) is 0. The monoisotopic (exact) mass is 361 g/mol. The van der Waals surface area contributed by atoms with Crippen molar-refractivity contribution in [1.82, 2.24) is 0 Å². The van der Waals surface area contributed by atoms with E-state index in [1.165, 1.54) is 20.0 Å². The summed E-state index contributed by atoms with van der Waals surface area (Å²) in [6.07, 6.45) is 2.34.